The van der Waals surface area contributed by atoms with E-state index in [1.165, 1.54) is 24.1 Å². The monoisotopic (exact) mass is 451 g/mol. The molecule has 0 spiro atoms. The number of amides is 1. The smallest absolute Gasteiger partial charge is 0.255 e. The van der Waals surface area contributed by atoms with E-state index < -0.39 is 0 Å². The van der Waals surface area contributed by atoms with Crippen molar-refractivity contribution in [2.45, 2.75) is 64.3 Å². The molecule has 1 aromatic heterocycles. The van der Waals surface area contributed by atoms with Crippen LogP contribution in [0.3, 0.4) is 0 Å². The van der Waals surface area contributed by atoms with Crippen LogP contribution < -0.4 is 20.3 Å². The van der Waals surface area contributed by atoms with E-state index in [2.05, 4.69) is 29.6 Å². The summed E-state index contributed by atoms with van der Waals surface area (Å²) < 4.78 is 5.59. The standard InChI is InChI=1S/C26H37N5O2/c1-4-33-23-12-8-6-10-21(23)25(32)27-17-18-13-15-19(16-14-18)28-26-29-22-11-7-5-9-20(22)24(30-26)31(2)3/h6,8,10,12,18-19H,4-5,7,9,11,13-17H2,1-3H3,(H,27,32)(H,28,29,30)/t18-,19+. The fourth-order valence-corrected chi connectivity index (χ4v) is 4.97. The van der Waals surface area contributed by atoms with Gasteiger partial charge in [0.05, 0.1) is 17.9 Å². The van der Waals surface area contributed by atoms with Crippen molar-refractivity contribution in [3.05, 3.63) is 41.1 Å². The number of nitrogens with zero attached hydrogens (tertiary/aromatic N) is 3. The van der Waals surface area contributed by atoms with Crippen LogP contribution in [0.1, 0.15) is 67.1 Å². The molecule has 33 heavy (non-hydrogen) atoms. The minimum absolute atomic E-state index is 0.0574. The Labute approximate surface area is 197 Å². The summed E-state index contributed by atoms with van der Waals surface area (Å²) >= 11 is 0. The van der Waals surface area contributed by atoms with Crippen LogP contribution >= 0.6 is 0 Å². The van der Waals surface area contributed by atoms with Crippen LogP contribution in [0.15, 0.2) is 24.3 Å². The third-order valence-electron chi connectivity index (χ3n) is 6.75. The van der Waals surface area contributed by atoms with E-state index in [9.17, 15) is 4.79 Å². The molecular weight excluding hydrogens is 414 g/mol. The Morgan fingerprint density at radius 1 is 1.09 bits per heavy atom. The van der Waals surface area contributed by atoms with Gasteiger partial charge in [-0.25, -0.2) is 4.98 Å². The van der Waals surface area contributed by atoms with Gasteiger partial charge in [0.1, 0.15) is 11.6 Å². The lowest BCUT2D eigenvalue weighted by Gasteiger charge is -2.30. The lowest BCUT2D eigenvalue weighted by atomic mass is 9.86. The fourth-order valence-electron chi connectivity index (χ4n) is 4.97. The van der Waals surface area contributed by atoms with Crippen LogP contribution in [0.25, 0.3) is 0 Å². The largest absolute Gasteiger partial charge is 0.493 e. The predicted molar refractivity (Wildman–Crippen MR) is 132 cm³/mol. The highest BCUT2D eigenvalue weighted by molar-refractivity contribution is 5.96. The van der Waals surface area contributed by atoms with E-state index in [0.717, 1.165) is 50.3 Å². The molecular formula is C26H37N5O2. The highest BCUT2D eigenvalue weighted by atomic mass is 16.5. The van der Waals surface area contributed by atoms with Gasteiger partial charge in [-0.15, -0.1) is 0 Å². The lowest BCUT2D eigenvalue weighted by molar-refractivity contribution is 0.0939. The number of rotatable bonds is 8. The molecule has 0 atom stereocenters. The number of nitrogens with one attached hydrogen (secondary N) is 2. The Bertz CT molecular complexity index is 954. The maximum Gasteiger partial charge on any atom is 0.255 e. The highest BCUT2D eigenvalue weighted by Gasteiger charge is 2.24. The van der Waals surface area contributed by atoms with Gasteiger partial charge in [0, 0.05) is 32.2 Å². The van der Waals surface area contributed by atoms with Crippen LogP contribution in [0.4, 0.5) is 11.8 Å². The summed E-state index contributed by atoms with van der Waals surface area (Å²) in [6.45, 7) is 3.18. The zero-order valence-corrected chi connectivity index (χ0v) is 20.2. The van der Waals surface area contributed by atoms with Crippen LogP contribution in [-0.4, -0.2) is 49.2 Å². The second-order valence-electron chi connectivity index (χ2n) is 9.40. The van der Waals surface area contributed by atoms with Crippen molar-refractivity contribution in [1.82, 2.24) is 15.3 Å². The van der Waals surface area contributed by atoms with Crippen molar-refractivity contribution >= 4 is 17.7 Å². The van der Waals surface area contributed by atoms with Crippen molar-refractivity contribution in [2.24, 2.45) is 5.92 Å². The number of carbonyl (C=O) groups is 1. The first kappa shape index (κ1) is 23.3. The molecule has 2 aliphatic carbocycles. The third-order valence-corrected chi connectivity index (χ3v) is 6.75. The van der Waals surface area contributed by atoms with Crippen molar-refractivity contribution in [2.75, 3.05) is 37.5 Å². The van der Waals surface area contributed by atoms with Crippen LogP contribution in [0, 0.1) is 5.92 Å². The zero-order chi connectivity index (χ0) is 23.2. The average molecular weight is 452 g/mol. The van der Waals surface area contributed by atoms with Crippen molar-refractivity contribution < 1.29 is 9.53 Å². The maximum atomic E-state index is 12.7. The number of anilines is 2. The highest BCUT2D eigenvalue weighted by Crippen LogP contribution is 2.30. The topological polar surface area (TPSA) is 79.4 Å². The number of hydrogen-bond donors (Lipinski definition) is 2. The predicted octanol–water partition coefficient (Wildman–Crippen LogP) is 4.22. The van der Waals surface area contributed by atoms with Gasteiger partial charge in [-0.05, 0) is 76.3 Å². The molecule has 0 unspecified atom stereocenters. The van der Waals surface area contributed by atoms with Crippen molar-refractivity contribution in [3.8, 4) is 5.75 Å². The van der Waals surface area contributed by atoms with Crippen molar-refractivity contribution in [1.29, 1.82) is 0 Å². The van der Waals surface area contributed by atoms with E-state index in [1.54, 1.807) is 0 Å². The Morgan fingerprint density at radius 2 is 1.85 bits per heavy atom. The SMILES string of the molecule is CCOc1ccccc1C(=O)NC[C@H]1CC[C@@H](Nc2nc3c(c(N(C)C)n2)CCCC3)CC1. The number of aromatic nitrogens is 2. The molecule has 2 aromatic rings. The maximum absolute atomic E-state index is 12.7. The molecule has 2 aliphatic rings. The lowest BCUT2D eigenvalue weighted by Crippen LogP contribution is -2.34. The van der Waals surface area contributed by atoms with E-state index in [4.69, 9.17) is 14.7 Å². The zero-order valence-electron chi connectivity index (χ0n) is 20.2. The summed E-state index contributed by atoms with van der Waals surface area (Å²) in [5, 5.41) is 6.72. The van der Waals surface area contributed by atoms with Gasteiger partial charge in [0.15, 0.2) is 0 Å². The molecule has 0 radical (unpaired) electrons. The molecule has 7 nitrogen and oxygen atoms in total. The Kier molecular flexibility index (Phi) is 7.68. The quantitative estimate of drug-likeness (QED) is 0.626. The Balaban J connectivity index is 1.29. The summed E-state index contributed by atoms with van der Waals surface area (Å²) in [7, 11) is 4.13. The van der Waals surface area contributed by atoms with Gasteiger partial charge in [0.2, 0.25) is 5.95 Å². The number of hydrogen-bond acceptors (Lipinski definition) is 6. The number of fused-ring (bicyclic) bond motifs is 1. The van der Waals surface area contributed by atoms with Gasteiger partial charge < -0.3 is 20.3 Å². The van der Waals surface area contributed by atoms with Gasteiger partial charge in [-0.3, -0.25) is 4.79 Å². The van der Waals surface area contributed by atoms with Gasteiger partial charge in [-0.2, -0.15) is 4.98 Å². The van der Waals surface area contributed by atoms with Crippen LogP contribution in [0.5, 0.6) is 5.75 Å². The molecule has 1 aromatic carbocycles. The summed E-state index contributed by atoms with van der Waals surface area (Å²) in [5.41, 5.74) is 3.14. The second-order valence-corrected chi connectivity index (χ2v) is 9.40. The van der Waals surface area contributed by atoms with Gasteiger partial charge in [-0.1, -0.05) is 12.1 Å². The molecule has 1 heterocycles. The third kappa shape index (κ3) is 5.75. The molecule has 0 saturated heterocycles. The molecule has 0 bridgehead atoms. The van der Waals surface area contributed by atoms with Gasteiger partial charge >= 0.3 is 0 Å². The van der Waals surface area contributed by atoms with E-state index >= 15 is 0 Å². The molecule has 1 saturated carbocycles. The number of para-hydroxylation sites is 1. The minimum atomic E-state index is -0.0574. The molecule has 0 aliphatic heterocycles. The Morgan fingerprint density at radius 3 is 2.61 bits per heavy atom. The van der Waals surface area contributed by atoms with Crippen LogP contribution in [-0.2, 0) is 12.8 Å². The molecule has 7 heteroatoms. The number of aryl methyl sites for hydroxylation is 1. The first-order valence-electron chi connectivity index (χ1n) is 12.4. The molecule has 1 fully saturated rings. The minimum Gasteiger partial charge on any atom is -0.493 e. The number of carbonyl (C=O) groups excluding carboxylic acids is 1. The average Bonchev–Trinajstić information content (AvgIpc) is 2.83. The van der Waals surface area contributed by atoms with E-state index in [-0.39, 0.29) is 5.91 Å². The first-order chi connectivity index (χ1) is 16.0. The summed E-state index contributed by atoms with van der Waals surface area (Å²) in [6, 6.07) is 7.82. The first-order valence-corrected chi connectivity index (χ1v) is 12.4. The Hall–Kier alpha value is -2.83. The summed E-state index contributed by atoms with van der Waals surface area (Å²) in [6.07, 6.45) is 8.85. The summed E-state index contributed by atoms with van der Waals surface area (Å²) in [4.78, 5) is 24.5. The second kappa shape index (κ2) is 10.9. The number of ether oxygens (including phenoxy) is 1. The van der Waals surface area contributed by atoms with Gasteiger partial charge in [0.25, 0.3) is 5.91 Å². The number of benzene rings is 1. The van der Waals surface area contributed by atoms with Crippen LogP contribution in [0.2, 0.25) is 0 Å². The molecule has 4 rings (SSSR count). The molecule has 2 N–H and O–H groups in total. The molecule has 178 valence electrons. The van der Waals surface area contributed by atoms with Crippen molar-refractivity contribution in [3.63, 3.8) is 0 Å². The molecule has 1 amide bonds. The van der Waals surface area contributed by atoms with E-state index in [1.807, 2.05) is 31.2 Å². The fraction of sp³-hybridized carbons (Fsp3) is 0.577. The van der Waals surface area contributed by atoms with E-state index in [0.29, 0.717) is 36.4 Å². The summed E-state index contributed by atoms with van der Waals surface area (Å²) in [5.74, 6) is 2.91. The normalized spacial score (nSPS) is 20.0.